The van der Waals surface area contributed by atoms with Crippen LogP contribution in [0.15, 0.2) is 48.5 Å². The van der Waals surface area contributed by atoms with Gasteiger partial charge in [0.25, 0.3) is 0 Å². The van der Waals surface area contributed by atoms with Gasteiger partial charge in [-0.1, -0.05) is 24.3 Å². The number of benzene rings is 2. The third-order valence-corrected chi connectivity index (χ3v) is 5.47. The Morgan fingerprint density at radius 2 is 1.37 bits per heavy atom. The number of alkyl halides is 1. The third-order valence-electron chi connectivity index (χ3n) is 5.47. The molecule has 0 heterocycles. The largest absolute Gasteiger partial charge is 0.481 e. The van der Waals surface area contributed by atoms with Gasteiger partial charge in [0.2, 0.25) is 0 Å². The quantitative estimate of drug-likeness (QED) is 0.131. The van der Waals surface area contributed by atoms with Gasteiger partial charge < -0.3 is 30.7 Å². The summed E-state index contributed by atoms with van der Waals surface area (Å²) in [6.45, 7) is -0.366. The van der Waals surface area contributed by atoms with Crippen molar-refractivity contribution in [2.24, 2.45) is 0 Å². The average molecular weight is 533 g/mol. The molecular weight excluding hydrogens is 503 g/mol. The Balaban J connectivity index is 1.93. The number of urea groups is 1. The number of aryl methyl sites for hydroxylation is 1. The van der Waals surface area contributed by atoms with Crippen LogP contribution < -0.4 is 15.4 Å². The fourth-order valence-electron chi connectivity index (χ4n) is 3.41. The summed E-state index contributed by atoms with van der Waals surface area (Å²) in [6.07, 6.45) is 0.873. The minimum absolute atomic E-state index is 0.159. The van der Waals surface area contributed by atoms with Crippen LogP contribution in [0.4, 0.5) is 9.18 Å². The summed E-state index contributed by atoms with van der Waals surface area (Å²) < 4.78 is 17.6. The van der Waals surface area contributed by atoms with Crippen LogP contribution in [0.2, 0.25) is 0 Å². The standard InChI is InChI=1S/C26H29FN2O9/c27-14-2-1-3-16-4-8-18(9-5-16)25(36)38-19-10-6-17(7-11-19)15-21(24(34)35)29-26(37)28-20(23(32)33)12-13-22(30)31/h4-11,20-21H,1-3,12-15H2,(H,30,31)(H,32,33)(H,34,35)(H2,28,29,37). The number of hydrogen-bond donors (Lipinski definition) is 5. The molecule has 0 fully saturated rings. The Hall–Kier alpha value is -4.48. The number of aliphatic carboxylic acids is 3. The molecule has 2 unspecified atom stereocenters. The molecule has 2 aromatic rings. The zero-order chi connectivity index (χ0) is 28.1. The van der Waals surface area contributed by atoms with Crippen molar-refractivity contribution >= 4 is 29.9 Å². The Morgan fingerprint density at radius 1 is 0.789 bits per heavy atom. The maximum Gasteiger partial charge on any atom is 0.343 e. The summed E-state index contributed by atoms with van der Waals surface area (Å²) in [7, 11) is 0. The van der Waals surface area contributed by atoms with Crippen molar-refractivity contribution in [3.05, 3.63) is 65.2 Å². The van der Waals surface area contributed by atoms with Gasteiger partial charge in [0.1, 0.15) is 17.8 Å². The van der Waals surface area contributed by atoms with Gasteiger partial charge in [-0.05, 0) is 61.1 Å². The second kappa shape index (κ2) is 14.9. The Kier molecular flexibility index (Phi) is 11.7. The van der Waals surface area contributed by atoms with E-state index in [1.165, 1.54) is 24.3 Å². The number of nitrogens with one attached hydrogen (secondary N) is 2. The first kappa shape index (κ1) is 29.7. The molecule has 5 N–H and O–H groups in total. The van der Waals surface area contributed by atoms with E-state index in [9.17, 15) is 33.5 Å². The Morgan fingerprint density at radius 3 is 1.92 bits per heavy atom. The van der Waals surface area contributed by atoms with Crippen LogP contribution in [-0.2, 0) is 27.2 Å². The lowest BCUT2D eigenvalue weighted by molar-refractivity contribution is -0.140. The fraction of sp³-hybridized carbons (Fsp3) is 0.346. The summed E-state index contributed by atoms with van der Waals surface area (Å²) in [6, 6.07) is 8.74. The van der Waals surface area contributed by atoms with E-state index in [0.717, 1.165) is 5.56 Å². The van der Waals surface area contributed by atoms with Crippen molar-refractivity contribution < 1.29 is 48.4 Å². The lowest BCUT2D eigenvalue weighted by Crippen LogP contribution is -2.51. The highest BCUT2D eigenvalue weighted by Gasteiger charge is 2.25. The number of esters is 1. The van der Waals surface area contributed by atoms with Crippen molar-refractivity contribution in [3.8, 4) is 5.75 Å². The van der Waals surface area contributed by atoms with Crippen molar-refractivity contribution in [1.82, 2.24) is 10.6 Å². The second-order valence-electron chi connectivity index (χ2n) is 8.41. The molecule has 0 saturated heterocycles. The number of carboxylic acids is 3. The van der Waals surface area contributed by atoms with Gasteiger partial charge in [-0.15, -0.1) is 0 Å². The van der Waals surface area contributed by atoms with Crippen LogP contribution >= 0.6 is 0 Å². The molecule has 0 bridgehead atoms. The summed E-state index contributed by atoms with van der Waals surface area (Å²) in [5.41, 5.74) is 1.79. The van der Waals surface area contributed by atoms with Crippen LogP contribution in [0.5, 0.6) is 5.75 Å². The number of hydrogen-bond acceptors (Lipinski definition) is 6. The number of halogens is 1. The third kappa shape index (κ3) is 10.2. The van der Waals surface area contributed by atoms with E-state index in [-0.39, 0.29) is 25.3 Å². The van der Waals surface area contributed by atoms with Crippen molar-refractivity contribution in [2.45, 2.75) is 50.6 Å². The number of unbranched alkanes of at least 4 members (excludes halogenated alkanes) is 1. The van der Waals surface area contributed by atoms with Gasteiger partial charge in [0.05, 0.1) is 12.2 Å². The van der Waals surface area contributed by atoms with Crippen molar-refractivity contribution in [1.29, 1.82) is 0 Å². The monoisotopic (exact) mass is 532 g/mol. The van der Waals surface area contributed by atoms with Crippen LogP contribution in [0.25, 0.3) is 0 Å². The molecule has 2 atom stereocenters. The van der Waals surface area contributed by atoms with Gasteiger partial charge in [-0.2, -0.15) is 0 Å². The van der Waals surface area contributed by atoms with Crippen LogP contribution in [0.3, 0.4) is 0 Å². The van der Waals surface area contributed by atoms with Gasteiger partial charge in [0, 0.05) is 12.8 Å². The normalized spacial score (nSPS) is 12.1. The fourth-order valence-corrected chi connectivity index (χ4v) is 3.41. The van der Waals surface area contributed by atoms with E-state index in [2.05, 4.69) is 10.6 Å². The second-order valence-corrected chi connectivity index (χ2v) is 8.41. The molecule has 0 aliphatic rings. The molecule has 0 radical (unpaired) electrons. The van der Waals surface area contributed by atoms with E-state index < -0.39 is 48.4 Å². The molecule has 0 aliphatic heterocycles. The minimum Gasteiger partial charge on any atom is -0.481 e. The summed E-state index contributed by atoms with van der Waals surface area (Å²) in [4.78, 5) is 58.0. The summed E-state index contributed by atoms with van der Waals surface area (Å²) in [5.74, 6) is -4.45. The maximum atomic E-state index is 12.4. The highest BCUT2D eigenvalue weighted by molar-refractivity contribution is 5.91. The predicted molar refractivity (Wildman–Crippen MR) is 132 cm³/mol. The molecule has 38 heavy (non-hydrogen) atoms. The average Bonchev–Trinajstić information content (AvgIpc) is 2.87. The minimum atomic E-state index is -1.51. The molecule has 11 nitrogen and oxygen atoms in total. The molecule has 2 rings (SSSR count). The molecule has 2 amide bonds. The molecule has 0 aromatic heterocycles. The first-order chi connectivity index (χ1) is 18.1. The summed E-state index contributed by atoms with van der Waals surface area (Å²) >= 11 is 0. The van der Waals surface area contributed by atoms with Crippen LogP contribution in [-0.4, -0.2) is 64.0 Å². The van der Waals surface area contributed by atoms with E-state index in [1.807, 2.05) is 0 Å². The first-order valence-corrected chi connectivity index (χ1v) is 11.8. The maximum absolute atomic E-state index is 12.4. The van der Waals surface area contributed by atoms with E-state index in [1.54, 1.807) is 24.3 Å². The highest BCUT2D eigenvalue weighted by Crippen LogP contribution is 2.16. The van der Waals surface area contributed by atoms with E-state index in [4.69, 9.17) is 14.9 Å². The van der Waals surface area contributed by atoms with Crippen LogP contribution in [0.1, 0.15) is 47.2 Å². The summed E-state index contributed by atoms with van der Waals surface area (Å²) in [5, 5.41) is 31.5. The number of rotatable bonds is 15. The van der Waals surface area contributed by atoms with Gasteiger partial charge in [-0.25, -0.2) is 19.2 Å². The highest BCUT2D eigenvalue weighted by atomic mass is 19.1. The smallest absolute Gasteiger partial charge is 0.343 e. The molecule has 204 valence electrons. The molecule has 2 aromatic carbocycles. The van der Waals surface area contributed by atoms with Gasteiger partial charge in [0.15, 0.2) is 0 Å². The molecule has 12 heteroatoms. The van der Waals surface area contributed by atoms with E-state index >= 15 is 0 Å². The number of carboxylic acid groups (broad SMARTS) is 3. The lowest BCUT2D eigenvalue weighted by Gasteiger charge is -2.18. The molecule has 0 aliphatic carbocycles. The SMILES string of the molecule is O=C(O)CCC(NC(=O)NC(Cc1ccc(OC(=O)c2ccc(CCCCF)cc2)cc1)C(=O)O)C(=O)O. The zero-order valence-corrected chi connectivity index (χ0v) is 20.4. The van der Waals surface area contributed by atoms with Gasteiger partial charge in [-0.3, -0.25) is 9.18 Å². The first-order valence-electron chi connectivity index (χ1n) is 11.8. The van der Waals surface area contributed by atoms with Crippen molar-refractivity contribution in [2.75, 3.05) is 6.67 Å². The van der Waals surface area contributed by atoms with Gasteiger partial charge >= 0.3 is 29.9 Å². The molecular formula is C26H29FN2O9. The number of ether oxygens (including phenoxy) is 1. The topological polar surface area (TPSA) is 179 Å². The Labute approximate surface area is 217 Å². The lowest BCUT2D eigenvalue weighted by atomic mass is 10.1. The number of carbonyl (C=O) groups is 5. The zero-order valence-electron chi connectivity index (χ0n) is 20.4. The van der Waals surface area contributed by atoms with Crippen LogP contribution in [0, 0.1) is 0 Å². The number of carbonyl (C=O) groups excluding carboxylic acids is 2. The predicted octanol–water partition coefficient (Wildman–Crippen LogP) is 2.81. The van der Waals surface area contributed by atoms with E-state index in [0.29, 0.717) is 30.4 Å². The van der Waals surface area contributed by atoms with Crippen molar-refractivity contribution in [3.63, 3.8) is 0 Å². The molecule has 0 saturated carbocycles. The number of amides is 2. The molecule has 0 spiro atoms. The Bertz CT molecular complexity index is 1120.